The summed E-state index contributed by atoms with van der Waals surface area (Å²) in [7, 11) is 0. The number of rotatable bonds is 5. The third-order valence-corrected chi connectivity index (χ3v) is 4.50. The fourth-order valence-corrected chi connectivity index (χ4v) is 2.97. The summed E-state index contributed by atoms with van der Waals surface area (Å²) >= 11 is 0. The summed E-state index contributed by atoms with van der Waals surface area (Å²) in [6.07, 6.45) is -6.30. The van der Waals surface area contributed by atoms with Gasteiger partial charge in [0, 0.05) is 18.7 Å². The predicted molar refractivity (Wildman–Crippen MR) is 97.1 cm³/mol. The van der Waals surface area contributed by atoms with E-state index in [1.54, 1.807) is 12.1 Å². The Morgan fingerprint density at radius 1 is 1.07 bits per heavy atom. The molecule has 2 N–H and O–H groups in total. The number of nitrogens with zero attached hydrogens (tertiary/aromatic N) is 1. The molecular weight excluding hydrogens is 389 g/mol. The van der Waals surface area contributed by atoms with Crippen LogP contribution in [0.3, 0.4) is 0 Å². The van der Waals surface area contributed by atoms with Crippen molar-refractivity contribution in [2.75, 3.05) is 13.1 Å². The van der Waals surface area contributed by atoms with Crippen LogP contribution in [0.5, 0.6) is 5.75 Å². The van der Waals surface area contributed by atoms with Crippen molar-refractivity contribution in [2.45, 2.75) is 24.9 Å². The number of likely N-dealkylation sites (tertiary alicyclic amines) is 1. The van der Waals surface area contributed by atoms with Gasteiger partial charge in [0.25, 0.3) is 5.91 Å². The topological polar surface area (TPSA) is 78.9 Å². The summed E-state index contributed by atoms with van der Waals surface area (Å²) in [5.41, 5.74) is 1.24. The predicted octanol–water partition coefficient (Wildman–Crippen LogP) is 2.13. The quantitative estimate of drug-likeness (QED) is 0.795. The molecule has 29 heavy (non-hydrogen) atoms. The van der Waals surface area contributed by atoms with Gasteiger partial charge >= 0.3 is 12.1 Å². The number of nitrogens with one attached hydrogen (secondary N) is 1. The van der Waals surface area contributed by atoms with Gasteiger partial charge in [-0.25, -0.2) is 0 Å². The van der Waals surface area contributed by atoms with E-state index in [-0.39, 0.29) is 5.56 Å². The minimum Gasteiger partial charge on any atom is -0.489 e. The van der Waals surface area contributed by atoms with E-state index < -0.39 is 43.2 Å². The summed E-state index contributed by atoms with van der Waals surface area (Å²) in [5, 5.41) is 12.4. The van der Waals surface area contributed by atoms with Crippen LogP contribution in [0.2, 0.25) is 0 Å². The number of amides is 2. The number of hydrogen-bond donors (Lipinski definition) is 2. The van der Waals surface area contributed by atoms with Crippen molar-refractivity contribution in [1.82, 2.24) is 10.2 Å². The molecule has 2 aromatic rings. The van der Waals surface area contributed by atoms with Crippen LogP contribution in [0.25, 0.3) is 0 Å². The lowest BCUT2D eigenvalue weighted by molar-refractivity contribution is -0.184. The van der Waals surface area contributed by atoms with E-state index in [9.17, 15) is 27.9 Å². The maximum Gasteiger partial charge on any atom is 0.471 e. The van der Waals surface area contributed by atoms with E-state index in [1.165, 1.54) is 12.1 Å². The zero-order valence-electron chi connectivity index (χ0n) is 15.2. The van der Waals surface area contributed by atoms with Crippen molar-refractivity contribution in [3.05, 3.63) is 65.7 Å². The monoisotopic (exact) mass is 408 g/mol. The van der Waals surface area contributed by atoms with Crippen molar-refractivity contribution in [2.24, 2.45) is 0 Å². The van der Waals surface area contributed by atoms with Crippen molar-refractivity contribution < 1.29 is 32.6 Å². The molecule has 2 aromatic carbocycles. The molecule has 0 bridgehead atoms. The normalized spacial score (nSPS) is 19.1. The Kier molecular flexibility index (Phi) is 6.07. The molecule has 2 atom stereocenters. The minimum atomic E-state index is -5.02. The number of β-amino-alcohol motifs (C(OH)–C–C–N with tert-alkyl or cyclic N) is 1. The third-order valence-electron chi connectivity index (χ3n) is 4.50. The van der Waals surface area contributed by atoms with Gasteiger partial charge in [0.15, 0.2) is 0 Å². The second-order valence-corrected chi connectivity index (χ2v) is 6.65. The zero-order chi connectivity index (χ0) is 21.0. The minimum absolute atomic E-state index is 0.254. The average Bonchev–Trinajstić information content (AvgIpc) is 3.06. The van der Waals surface area contributed by atoms with Crippen LogP contribution in [-0.2, 0) is 11.4 Å². The standard InChI is InChI=1S/C20H19F3N2O4/c21-20(22,23)19(28)25-10-16(17(26)11-25)24-18(27)14-6-8-15(9-7-14)29-12-13-4-2-1-3-5-13/h1-9,16-17,26H,10-12H2,(H,24,27)/t16-,17-/m1/s1. The van der Waals surface area contributed by atoms with Crippen LogP contribution >= 0.6 is 0 Å². The summed E-state index contributed by atoms with van der Waals surface area (Å²) in [6.45, 7) is -0.539. The number of hydrogen-bond acceptors (Lipinski definition) is 4. The first-order valence-corrected chi connectivity index (χ1v) is 8.86. The van der Waals surface area contributed by atoms with Crippen LogP contribution in [-0.4, -0.2) is 53.2 Å². The van der Waals surface area contributed by atoms with E-state index in [0.717, 1.165) is 5.56 Å². The Hall–Kier alpha value is -3.07. The number of alkyl halides is 3. The molecule has 154 valence electrons. The first kappa shape index (κ1) is 20.7. The molecule has 2 amide bonds. The molecule has 1 heterocycles. The Morgan fingerprint density at radius 3 is 2.34 bits per heavy atom. The number of aliphatic hydroxyl groups is 1. The number of carbonyl (C=O) groups is 2. The lowest BCUT2D eigenvalue weighted by Crippen LogP contribution is -2.44. The van der Waals surface area contributed by atoms with Gasteiger partial charge in [-0.3, -0.25) is 9.59 Å². The van der Waals surface area contributed by atoms with Crippen molar-refractivity contribution in [3.63, 3.8) is 0 Å². The number of aliphatic hydroxyl groups excluding tert-OH is 1. The largest absolute Gasteiger partial charge is 0.489 e. The Morgan fingerprint density at radius 2 is 1.72 bits per heavy atom. The van der Waals surface area contributed by atoms with Gasteiger partial charge in [0.2, 0.25) is 0 Å². The van der Waals surface area contributed by atoms with Crippen molar-refractivity contribution in [3.8, 4) is 5.75 Å². The second kappa shape index (κ2) is 8.52. The SMILES string of the molecule is O=C(N[C@@H]1CN(C(=O)C(F)(F)F)C[C@H]1O)c1ccc(OCc2ccccc2)cc1. The van der Waals surface area contributed by atoms with Crippen LogP contribution < -0.4 is 10.1 Å². The molecule has 0 saturated carbocycles. The molecule has 6 nitrogen and oxygen atoms in total. The smallest absolute Gasteiger partial charge is 0.471 e. The average molecular weight is 408 g/mol. The van der Waals surface area contributed by atoms with Gasteiger partial charge < -0.3 is 20.1 Å². The van der Waals surface area contributed by atoms with Crippen LogP contribution in [0, 0.1) is 0 Å². The molecular formula is C20H19F3N2O4. The van der Waals surface area contributed by atoms with E-state index >= 15 is 0 Å². The number of benzene rings is 2. The summed E-state index contributed by atoms with van der Waals surface area (Å²) in [4.78, 5) is 24.1. The van der Waals surface area contributed by atoms with Gasteiger partial charge in [0.1, 0.15) is 12.4 Å². The number of ether oxygens (including phenoxy) is 1. The van der Waals surface area contributed by atoms with E-state index in [2.05, 4.69) is 5.32 Å². The summed E-state index contributed by atoms with van der Waals surface area (Å²) in [6, 6.07) is 14.8. The molecule has 9 heteroatoms. The second-order valence-electron chi connectivity index (χ2n) is 6.65. The van der Waals surface area contributed by atoms with Gasteiger partial charge in [-0.1, -0.05) is 30.3 Å². The van der Waals surface area contributed by atoms with Gasteiger partial charge in [-0.15, -0.1) is 0 Å². The molecule has 1 aliphatic rings. The third kappa shape index (κ3) is 5.26. The van der Waals surface area contributed by atoms with Crippen molar-refractivity contribution in [1.29, 1.82) is 0 Å². The maximum atomic E-state index is 12.5. The molecule has 0 spiro atoms. The highest BCUT2D eigenvalue weighted by molar-refractivity contribution is 5.94. The van der Waals surface area contributed by atoms with E-state index in [4.69, 9.17) is 4.74 Å². The lowest BCUT2D eigenvalue weighted by atomic mass is 10.1. The van der Waals surface area contributed by atoms with Gasteiger partial charge in [0.05, 0.1) is 12.1 Å². The van der Waals surface area contributed by atoms with Crippen LogP contribution in [0.4, 0.5) is 13.2 Å². The fraction of sp³-hybridized carbons (Fsp3) is 0.300. The number of halogens is 3. The molecule has 0 unspecified atom stereocenters. The summed E-state index contributed by atoms with van der Waals surface area (Å²) < 4.78 is 43.2. The van der Waals surface area contributed by atoms with E-state index in [1.807, 2.05) is 30.3 Å². The first-order chi connectivity index (χ1) is 13.7. The Bertz CT molecular complexity index is 856. The lowest BCUT2D eigenvalue weighted by Gasteiger charge is -2.18. The molecule has 0 aromatic heterocycles. The number of carbonyl (C=O) groups excluding carboxylic acids is 2. The summed E-state index contributed by atoms with van der Waals surface area (Å²) in [5.74, 6) is -2.05. The van der Waals surface area contributed by atoms with Crippen LogP contribution in [0.15, 0.2) is 54.6 Å². The van der Waals surface area contributed by atoms with Gasteiger partial charge in [-0.2, -0.15) is 13.2 Å². The highest BCUT2D eigenvalue weighted by Gasteiger charge is 2.47. The Balaban J connectivity index is 1.55. The van der Waals surface area contributed by atoms with Crippen molar-refractivity contribution >= 4 is 11.8 Å². The highest BCUT2D eigenvalue weighted by Crippen LogP contribution is 2.22. The van der Waals surface area contributed by atoms with Crippen LogP contribution in [0.1, 0.15) is 15.9 Å². The van der Waals surface area contributed by atoms with E-state index in [0.29, 0.717) is 17.3 Å². The fourth-order valence-electron chi connectivity index (χ4n) is 2.97. The maximum absolute atomic E-state index is 12.5. The first-order valence-electron chi connectivity index (χ1n) is 8.86. The molecule has 1 fully saturated rings. The highest BCUT2D eigenvalue weighted by atomic mass is 19.4. The molecule has 0 radical (unpaired) electrons. The molecule has 1 saturated heterocycles. The molecule has 1 aliphatic heterocycles. The van der Waals surface area contributed by atoms with Gasteiger partial charge in [-0.05, 0) is 29.8 Å². The Labute approximate surface area is 164 Å². The molecule has 3 rings (SSSR count). The zero-order valence-corrected chi connectivity index (χ0v) is 15.2. The molecule has 0 aliphatic carbocycles.